The van der Waals surface area contributed by atoms with Gasteiger partial charge in [0.05, 0.1) is 25.3 Å². The summed E-state index contributed by atoms with van der Waals surface area (Å²) in [6.45, 7) is 3.95. The highest BCUT2D eigenvalue weighted by Gasteiger charge is 2.49. The van der Waals surface area contributed by atoms with Gasteiger partial charge in [0.1, 0.15) is 5.75 Å². The minimum atomic E-state index is -0.363. The van der Waals surface area contributed by atoms with Crippen molar-refractivity contribution in [3.05, 3.63) is 29.5 Å². The molecule has 0 bridgehead atoms. The zero-order valence-electron chi connectivity index (χ0n) is 20.7. The fourth-order valence-electron chi connectivity index (χ4n) is 6.27. The van der Waals surface area contributed by atoms with Gasteiger partial charge >= 0.3 is 0 Å². The second kappa shape index (κ2) is 8.91. The van der Waals surface area contributed by atoms with Crippen LogP contribution in [0.4, 0.5) is 0 Å². The lowest BCUT2D eigenvalue weighted by Gasteiger charge is -2.50. The van der Waals surface area contributed by atoms with E-state index in [1.54, 1.807) is 7.11 Å². The first kappa shape index (κ1) is 23.2. The van der Waals surface area contributed by atoms with Crippen molar-refractivity contribution in [2.24, 2.45) is 13.0 Å². The molecule has 1 atom stereocenters. The smallest absolute Gasteiger partial charge is 0.223 e. The maximum atomic E-state index is 13.3. The van der Waals surface area contributed by atoms with Gasteiger partial charge in [0.15, 0.2) is 0 Å². The van der Waals surface area contributed by atoms with Crippen molar-refractivity contribution >= 4 is 22.7 Å². The van der Waals surface area contributed by atoms with E-state index in [9.17, 15) is 14.7 Å². The maximum absolute atomic E-state index is 13.3. The molecule has 5 rings (SSSR count). The molecule has 2 aromatic rings. The molecule has 1 N–H and O–H groups in total. The van der Waals surface area contributed by atoms with Gasteiger partial charge in [-0.1, -0.05) is 6.92 Å². The molecule has 7 heteroatoms. The average Bonchev–Trinajstić information content (AvgIpc) is 3.62. The lowest BCUT2D eigenvalue weighted by molar-refractivity contribution is -0.139. The molecule has 3 aliphatic rings. The van der Waals surface area contributed by atoms with E-state index in [-0.39, 0.29) is 29.9 Å². The van der Waals surface area contributed by atoms with Crippen LogP contribution in [0, 0.1) is 5.92 Å². The van der Waals surface area contributed by atoms with Crippen molar-refractivity contribution in [1.29, 1.82) is 0 Å². The zero-order chi connectivity index (χ0) is 24.0. The topological polar surface area (TPSA) is 75.0 Å². The first-order chi connectivity index (χ1) is 16.4. The number of piperidine rings is 1. The molecule has 1 aromatic heterocycles. The lowest BCUT2D eigenvalue weighted by atomic mass is 9.68. The molecule has 2 amide bonds. The largest absolute Gasteiger partial charge is 0.497 e. The third-order valence-electron chi connectivity index (χ3n) is 8.34. The normalized spacial score (nSPS) is 21.7. The van der Waals surface area contributed by atoms with Gasteiger partial charge in [0.25, 0.3) is 0 Å². The van der Waals surface area contributed by atoms with Crippen molar-refractivity contribution in [3.8, 4) is 5.75 Å². The van der Waals surface area contributed by atoms with Crippen LogP contribution in [0.25, 0.3) is 10.9 Å². The number of aliphatic hydroxyl groups is 1. The molecule has 34 heavy (non-hydrogen) atoms. The fourth-order valence-corrected chi connectivity index (χ4v) is 6.27. The molecule has 1 aromatic carbocycles. The number of aryl methyl sites for hydroxylation is 1. The first-order valence-corrected chi connectivity index (χ1v) is 12.8. The van der Waals surface area contributed by atoms with E-state index in [4.69, 9.17) is 4.74 Å². The second-order valence-corrected chi connectivity index (χ2v) is 10.5. The summed E-state index contributed by atoms with van der Waals surface area (Å²) in [5.74, 6) is 1.76. The summed E-state index contributed by atoms with van der Waals surface area (Å²) in [5.41, 5.74) is 3.11. The second-order valence-electron chi connectivity index (χ2n) is 10.5. The number of benzene rings is 1. The molecule has 2 fully saturated rings. The molecule has 0 radical (unpaired) electrons. The van der Waals surface area contributed by atoms with Gasteiger partial charge in [0, 0.05) is 62.1 Å². The number of hydrogen-bond donors (Lipinski definition) is 1. The summed E-state index contributed by atoms with van der Waals surface area (Å²) in [4.78, 5) is 30.0. The van der Waals surface area contributed by atoms with E-state index >= 15 is 0 Å². The highest BCUT2D eigenvalue weighted by molar-refractivity contribution is 5.90. The molecular weight excluding hydrogens is 430 g/mol. The molecule has 1 saturated heterocycles. The van der Waals surface area contributed by atoms with E-state index in [0.717, 1.165) is 54.7 Å². The SMILES string of the molecule is CCCC(=O)N1CC2(CCN(C(=O)CC3CC3)CC2)c2c(n(C)c3cc(OC)ccc23)[C@H]1CO. The van der Waals surface area contributed by atoms with Gasteiger partial charge in [-0.3, -0.25) is 9.59 Å². The predicted octanol–water partition coefficient (Wildman–Crippen LogP) is 3.52. The summed E-state index contributed by atoms with van der Waals surface area (Å²) >= 11 is 0. The van der Waals surface area contributed by atoms with E-state index in [1.807, 2.05) is 35.9 Å². The van der Waals surface area contributed by atoms with Crippen LogP contribution in [0.15, 0.2) is 18.2 Å². The number of hydrogen-bond acceptors (Lipinski definition) is 4. The number of carbonyl (C=O) groups is 2. The predicted molar refractivity (Wildman–Crippen MR) is 131 cm³/mol. The molecule has 3 heterocycles. The highest BCUT2D eigenvalue weighted by Crippen LogP contribution is 2.50. The Morgan fingerprint density at radius 1 is 1.18 bits per heavy atom. The van der Waals surface area contributed by atoms with Crippen LogP contribution in [0.5, 0.6) is 5.75 Å². The molecule has 1 saturated carbocycles. The van der Waals surface area contributed by atoms with Crippen molar-refractivity contribution < 1.29 is 19.4 Å². The Labute approximate surface area is 201 Å². The van der Waals surface area contributed by atoms with Gasteiger partial charge in [0.2, 0.25) is 11.8 Å². The number of aliphatic hydroxyl groups excluding tert-OH is 1. The lowest BCUT2D eigenvalue weighted by Crippen LogP contribution is -2.56. The van der Waals surface area contributed by atoms with Crippen LogP contribution in [0.3, 0.4) is 0 Å². The Morgan fingerprint density at radius 3 is 2.53 bits per heavy atom. The minimum Gasteiger partial charge on any atom is -0.497 e. The summed E-state index contributed by atoms with van der Waals surface area (Å²) in [6, 6.07) is 5.80. The molecule has 7 nitrogen and oxygen atoms in total. The fraction of sp³-hybridized carbons (Fsp3) is 0.630. The number of amides is 2. The zero-order valence-corrected chi connectivity index (χ0v) is 20.7. The molecule has 1 aliphatic carbocycles. The minimum absolute atomic E-state index is 0.0988. The summed E-state index contributed by atoms with van der Waals surface area (Å²) < 4.78 is 7.64. The van der Waals surface area contributed by atoms with Gasteiger partial charge < -0.3 is 24.2 Å². The van der Waals surface area contributed by atoms with Gasteiger partial charge in [-0.2, -0.15) is 0 Å². The standard InChI is InChI=1S/C27H37N3O4/c1-4-5-23(32)30-17-27(10-12-29(13-11-27)24(33)14-18-6-7-18)25-20-9-8-19(34-3)15-21(20)28(2)26(25)22(30)16-31/h8-9,15,18,22,31H,4-7,10-14,16-17H2,1-3H3/t22-/m1/s1. The number of methoxy groups -OCH3 is 1. The number of aromatic nitrogens is 1. The van der Waals surface area contributed by atoms with Gasteiger partial charge in [-0.05, 0) is 55.7 Å². The number of rotatable bonds is 6. The van der Waals surface area contributed by atoms with Gasteiger partial charge in [-0.25, -0.2) is 0 Å². The molecule has 1 spiro atoms. The Kier molecular flexibility index (Phi) is 6.09. The summed E-state index contributed by atoms with van der Waals surface area (Å²) in [6.07, 6.45) is 5.97. The van der Waals surface area contributed by atoms with Crippen LogP contribution < -0.4 is 4.74 Å². The van der Waals surface area contributed by atoms with Crippen molar-refractivity contribution in [2.75, 3.05) is 33.4 Å². The van der Waals surface area contributed by atoms with E-state index in [0.29, 0.717) is 25.3 Å². The third-order valence-corrected chi connectivity index (χ3v) is 8.34. The Morgan fingerprint density at radius 2 is 1.91 bits per heavy atom. The average molecular weight is 468 g/mol. The highest BCUT2D eigenvalue weighted by atomic mass is 16.5. The van der Waals surface area contributed by atoms with Crippen molar-refractivity contribution in [2.45, 2.75) is 63.3 Å². The number of likely N-dealkylation sites (tertiary alicyclic amines) is 1. The van der Waals surface area contributed by atoms with Crippen LogP contribution in [-0.4, -0.2) is 64.6 Å². The van der Waals surface area contributed by atoms with Gasteiger partial charge in [-0.15, -0.1) is 0 Å². The van der Waals surface area contributed by atoms with E-state index < -0.39 is 0 Å². The molecule has 0 unspecified atom stereocenters. The quantitative estimate of drug-likeness (QED) is 0.705. The first-order valence-electron chi connectivity index (χ1n) is 12.8. The molecular formula is C27H37N3O4. The molecule has 184 valence electrons. The van der Waals surface area contributed by atoms with Crippen LogP contribution in [0.1, 0.15) is 69.2 Å². The Balaban J connectivity index is 1.58. The Bertz CT molecular complexity index is 1090. The number of nitrogens with zero attached hydrogens (tertiary/aromatic N) is 3. The monoisotopic (exact) mass is 467 g/mol. The number of ether oxygens (including phenoxy) is 1. The van der Waals surface area contributed by atoms with Crippen LogP contribution >= 0.6 is 0 Å². The third kappa shape index (κ3) is 3.78. The number of carbonyl (C=O) groups excluding carboxylic acids is 2. The van der Waals surface area contributed by atoms with E-state index in [2.05, 4.69) is 10.6 Å². The van der Waals surface area contributed by atoms with Crippen molar-refractivity contribution in [3.63, 3.8) is 0 Å². The Hall–Kier alpha value is -2.54. The maximum Gasteiger partial charge on any atom is 0.223 e. The number of fused-ring (bicyclic) bond motifs is 4. The van der Waals surface area contributed by atoms with Crippen LogP contribution in [-0.2, 0) is 22.1 Å². The van der Waals surface area contributed by atoms with Crippen LogP contribution in [0.2, 0.25) is 0 Å². The van der Waals surface area contributed by atoms with E-state index in [1.165, 1.54) is 18.4 Å². The summed E-state index contributed by atoms with van der Waals surface area (Å²) in [5, 5.41) is 11.6. The summed E-state index contributed by atoms with van der Waals surface area (Å²) in [7, 11) is 3.70. The van der Waals surface area contributed by atoms with Crippen molar-refractivity contribution in [1.82, 2.24) is 14.4 Å². The molecule has 2 aliphatic heterocycles.